The number of sulfonamides is 1. The SMILES string of the molecule is CCC(C)(NS(=O)(=O)C1CCCCC1)C(=N)N. The fourth-order valence-corrected chi connectivity index (χ4v) is 4.09. The minimum atomic E-state index is -3.37. The Hall–Kier alpha value is -0.620. The minimum absolute atomic E-state index is 0.126. The van der Waals surface area contributed by atoms with Crippen LogP contribution in [0.2, 0.25) is 0 Å². The number of hydrogen-bond donors (Lipinski definition) is 3. The van der Waals surface area contributed by atoms with Gasteiger partial charge in [-0.25, -0.2) is 13.1 Å². The summed E-state index contributed by atoms with van der Waals surface area (Å²) in [6.07, 6.45) is 4.96. The van der Waals surface area contributed by atoms with Crippen molar-refractivity contribution in [1.82, 2.24) is 4.72 Å². The number of nitrogens with two attached hydrogens (primary N) is 1. The predicted octanol–water partition coefficient (Wildman–Crippen LogP) is 1.34. The van der Waals surface area contributed by atoms with Gasteiger partial charge in [0.05, 0.1) is 10.8 Å². The first-order chi connectivity index (χ1) is 7.82. The molecule has 0 aromatic heterocycles. The Balaban J connectivity index is 2.80. The molecule has 1 rings (SSSR count). The summed E-state index contributed by atoms with van der Waals surface area (Å²) < 4.78 is 27.0. The molecule has 17 heavy (non-hydrogen) atoms. The van der Waals surface area contributed by atoms with E-state index in [-0.39, 0.29) is 11.1 Å². The topological polar surface area (TPSA) is 96.0 Å². The first-order valence-electron chi connectivity index (χ1n) is 6.19. The van der Waals surface area contributed by atoms with Crippen molar-refractivity contribution in [2.75, 3.05) is 0 Å². The van der Waals surface area contributed by atoms with E-state index in [2.05, 4.69) is 4.72 Å². The van der Waals surface area contributed by atoms with Crippen molar-refractivity contribution in [1.29, 1.82) is 5.41 Å². The van der Waals surface area contributed by atoms with E-state index in [9.17, 15) is 8.42 Å². The third-order valence-corrected chi connectivity index (χ3v) is 5.74. The molecular weight excluding hydrogens is 238 g/mol. The molecule has 1 aliphatic carbocycles. The van der Waals surface area contributed by atoms with Gasteiger partial charge in [-0.2, -0.15) is 0 Å². The van der Waals surface area contributed by atoms with Gasteiger partial charge in [0, 0.05) is 0 Å². The molecule has 6 heteroatoms. The molecule has 4 N–H and O–H groups in total. The predicted molar refractivity (Wildman–Crippen MR) is 69.5 cm³/mol. The van der Waals surface area contributed by atoms with Crippen LogP contribution in [0.3, 0.4) is 0 Å². The van der Waals surface area contributed by atoms with Gasteiger partial charge in [0.1, 0.15) is 5.84 Å². The monoisotopic (exact) mass is 261 g/mol. The third kappa shape index (κ3) is 3.42. The van der Waals surface area contributed by atoms with Gasteiger partial charge in [0.2, 0.25) is 10.0 Å². The van der Waals surface area contributed by atoms with Crippen molar-refractivity contribution in [2.24, 2.45) is 5.73 Å². The van der Waals surface area contributed by atoms with Gasteiger partial charge in [-0.05, 0) is 26.2 Å². The molecule has 5 nitrogen and oxygen atoms in total. The van der Waals surface area contributed by atoms with Crippen LogP contribution in [0.15, 0.2) is 0 Å². The number of amidine groups is 1. The lowest BCUT2D eigenvalue weighted by atomic mass is 10.00. The molecule has 0 aromatic carbocycles. The standard InChI is InChI=1S/C11H23N3O2S/c1-3-11(2,10(12)13)14-17(15,16)9-7-5-4-6-8-9/h9,14H,3-8H2,1-2H3,(H3,12,13). The molecule has 0 bridgehead atoms. The van der Waals surface area contributed by atoms with Gasteiger partial charge in [0.15, 0.2) is 0 Å². The molecule has 0 spiro atoms. The van der Waals surface area contributed by atoms with Crippen LogP contribution in [-0.2, 0) is 10.0 Å². The molecule has 1 aliphatic rings. The van der Waals surface area contributed by atoms with Crippen LogP contribution < -0.4 is 10.5 Å². The van der Waals surface area contributed by atoms with Crippen LogP contribution >= 0.6 is 0 Å². The lowest BCUT2D eigenvalue weighted by Gasteiger charge is -2.31. The highest BCUT2D eigenvalue weighted by Crippen LogP contribution is 2.24. The maximum atomic E-state index is 12.2. The lowest BCUT2D eigenvalue weighted by molar-refractivity contribution is 0.456. The number of rotatable bonds is 5. The molecule has 1 saturated carbocycles. The first kappa shape index (κ1) is 14.4. The van der Waals surface area contributed by atoms with Crippen LogP contribution in [0.1, 0.15) is 52.4 Å². The maximum absolute atomic E-state index is 12.2. The summed E-state index contributed by atoms with van der Waals surface area (Å²) in [5, 5.41) is 7.18. The summed E-state index contributed by atoms with van der Waals surface area (Å²) in [5.41, 5.74) is 4.53. The Bertz CT molecular complexity index is 374. The zero-order valence-electron chi connectivity index (χ0n) is 10.6. The number of hydrogen-bond acceptors (Lipinski definition) is 3. The second-order valence-corrected chi connectivity index (χ2v) is 6.97. The molecule has 0 saturated heterocycles. The first-order valence-corrected chi connectivity index (χ1v) is 7.74. The van der Waals surface area contributed by atoms with E-state index in [4.69, 9.17) is 11.1 Å². The Kier molecular flexibility index (Phi) is 4.55. The highest BCUT2D eigenvalue weighted by Gasteiger charge is 2.35. The molecule has 1 atom stereocenters. The van der Waals surface area contributed by atoms with Crippen molar-refractivity contribution in [3.05, 3.63) is 0 Å². The van der Waals surface area contributed by atoms with Crippen LogP contribution in [0, 0.1) is 5.41 Å². The molecule has 0 radical (unpaired) electrons. The molecule has 1 fully saturated rings. The van der Waals surface area contributed by atoms with Gasteiger partial charge in [-0.1, -0.05) is 26.2 Å². The molecule has 100 valence electrons. The Morgan fingerprint density at radius 1 is 1.41 bits per heavy atom. The van der Waals surface area contributed by atoms with E-state index < -0.39 is 15.6 Å². The molecule has 0 aliphatic heterocycles. The third-order valence-electron chi connectivity index (χ3n) is 3.66. The van der Waals surface area contributed by atoms with Crippen molar-refractivity contribution in [2.45, 2.75) is 63.2 Å². The van der Waals surface area contributed by atoms with Crippen molar-refractivity contribution in [3.63, 3.8) is 0 Å². The fraction of sp³-hybridized carbons (Fsp3) is 0.909. The second-order valence-electron chi connectivity index (χ2n) is 5.01. The number of nitrogens with one attached hydrogen (secondary N) is 2. The summed E-state index contributed by atoms with van der Waals surface area (Å²) in [5.74, 6) is -0.126. The largest absolute Gasteiger partial charge is 0.386 e. The van der Waals surface area contributed by atoms with Gasteiger partial charge in [-0.15, -0.1) is 0 Å². The Morgan fingerprint density at radius 3 is 2.35 bits per heavy atom. The van der Waals surface area contributed by atoms with E-state index in [1.54, 1.807) is 6.92 Å². The molecule has 0 heterocycles. The summed E-state index contributed by atoms with van der Waals surface area (Å²) in [6.45, 7) is 3.49. The average molecular weight is 261 g/mol. The molecule has 1 unspecified atom stereocenters. The Labute approximate surface area is 104 Å². The molecule has 0 amide bonds. The van der Waals surface area contributed by atoms with Crippen LogP contribution in [0.4, 0.5) is 0 Å². The van der Waals surface area contributed by atoms with E-state index in [1.807, 2.05) is 6.92 Å². The Morgan fingerprint density at radius 2 is 1.94 bits per heavy atom. The van der Waals surface area contributed by atoms with Gasteiger partial charge in [-0.3, -0.25) is 5.41 Å². The highest BCUT2D eigenvalue weighted by atomic mass is 32.2. The van der Waals surface area contributed by atoms with Crippen molar-refractivity contribution < 1.29 is 8.42 Å². The minimum Gasteiger partial charge on any atom is -0.386 e. The maximum Gasteiger partial charge on any atom is 0.215 e. The van der Waals surface area contributed by atoms with Crippen molar-refractivity contribution >= 4 is 15.9 Å². The summed E-state index contributed by atoms with van der Waals surface area (Å²) in [7, 11) is -3.37. The fourth-order valence-electron chi connectivity index (χ4n) is 2.09. The molecule has 0 aromatic rings. The van der Waals surface area contributed by atoms with Gasteiger partial charge >= 0.3 is 0 Å². The van der Waals surface area contributed by atoms with Gasteiger partial charge < -0.3 is 5.73 Å². The zero-order chi connectivity index (χ0) is 13.1. The summed E-state index contributed by atoms with van der Waals surface area (Å²) >= 11 is 0. The summed E-state index contributed by atoms with van der Waals surface area (Å²) in [4.78, 5) is 0. The normalized spacial score (nSPS) is 22.0. The smallest absolute Gasteiger partial charge is 0.215 e. The summed E-state index contributed by atoms with van der Waals surface area (Å²) in [6, 6.07) is 0. The van der Waals surface area contributed by atoms with Crippen LogP contribution in [0.25, 0.3) is 0 Å². The molecular formula is C11H23N3O2S. The lowest BCUT2D eigenvalue weighted by Crippen LogP contribution is -2.56. The van der Waals surface area contributed by atoms with E-state index in [0.29, 0.717) is 19.3 Å². The quantitative estimate of drug-likeness (QED) is 0.514. The zero-order valence-corrected chi connectivity index (χ0v) is 11.4. The van der Waals surface area contributed by atoms with Crippen molar-refractivity contribution in [3.8, 4) is 0 Å². The van der Waals surface area contributed by atoms with E-state index in [0.717, 1.165) is 19.3 Å². The average Bonchev–Trinajstić information content (AvgIpc) is 2.29. The second kappa shape index (κ2) is 5.35. The van der Waals surface area contributed by atoms with Gasteiger partial charge in [0.25, 0.3) is 0 Å². The van der Waals surface area contributed by atoms with Crippen LogP contribution in [-0.4, -0.2) is 25.0 Å². The van der Waals surface area contributed by atoms with Crippen LogP contribution in [0.5, 0.6) is 0 Å². The van der Waals surface area contributed by atoms with E-state index in [1.165, 1.54) is 0 Å². The van der Waals surface area contributed by atoms with E-state index >= 15 is 0 Å². The highest BCUT2D eigenvalue weighted by molar-refractivity contribution is 7.90.